The summed E-state index contributed by atoms with van der Waals surface area (Å²) in [5, 5.41) is 2.90. The number of carbonyl (C=O) groups excluding carboxylic acids is 1. The van der Waals surface area contributed by atoms with Crippen LogP contribution in [0.4, 0.5) is 0 Å². The van der Waals surface area contributed by atoms with Crippen molar-refractivity contribution in [3.8, 4) is 11.5 Å². The predicted molar refractivity (Wildman–Crippen MR) is 92.8 cm³/mol. The standard InChI is InChI=1S/C17H19N3O3.ClH/c18-11-14-10-13(4-6-19-14)17(21)20-5-3-12-1-2-15-16(9-12)23-8-7-22-15;/h1-2,4,6,9-10H,3,5,7-8,11,18H2,(H,20,21);1H. The maximum atomic E-state index is 12.1. The van der Waals surface area contributed by atoms with Crippen molar-refractivity contribution in [1.29, 1.82) is 0 Å². The molecule has 0 bridgehead atoms. The van der Waals surface area contributed by atoms with Crippen molar-refractivity contribution < 1.29 is 14.3 Å². The van der Waals surface area contributed by atoms with Crippen LogP contribution in [-0.4, -0.2) is 30.6 Å². The summed E-state index contributed by atoms with van der Waals surface area (Å²) in [6, 6.07) is 9.23. The highest BCUT2D eigenvalue weighted by atomic mass is 35.5. The van der Waals surface area contributed by atoms with Crippen molar-refractivity contribution in [1.82, 2.24) is 10.3 Å². The molecule has 24 heavy (non-hydrogen) atoms. The Morgan fingerprint density at radius 1 is 1.17 bits per heavy atom. The molecule has 7 heteroatoms. The lowest BCUT2D eigenvalue weighted by Crippen LogP contribution is -2.26. The third kappa shape index (κ3) is 4.37. The summed E-state index contributed by atoms with van der Waals surface area (Å²) in [6.45, 7) is 2.01. The fraction of sp³-hybridized carbons (Fsp3) is 0.294. The number of rotatable bonds is 5. The van der Waals surface area contributed by atoms with Crippen LogP contribution in [0.1, 0.15) is 21.6 Å². The van der Waals surface area contributed by atoms with E-state index < -0.39 is 0 Å². The van der Waals surface area contributed by atoms with Gasteiger partial charge >= 0.3 is 0 Å². The van der Waals surface area contributed by atoms with Gasteiger partial charge in [-0.05, 0) is 36.2 Å². The van der Waals surface area contributed by atoms with Crippen LogP contribution in [0.2, 0.25) is 0 Å². The molecular weight excluding hydrogens is 330 g/mol. The third-order valence-electron chi connectivity index (χ3n) is 3.59. The first kappa shape index (κ1) is 18.0. The molecule has 0 atom stereocenters. The van der Waals surface area contributed by atoms with Gasteiger partial charge in [-0.3, -0.25) is 9.78 Å². The van der Waals surface area contributed by atoms with E-state index in [9.17, 15) is 4.79 Å². The minimum absolute atomic E-state index is 0. The minimum atomic E-state index is -0.125. The van der Waals surface area contributed by atoms with Gasteiger partial charge in [0.1, 0.15) is 13.2 Å². The van der Waals surface area contributed by atoms with E-state index in [4.69, 9.17) is 15.2 Å². The average Bonchev–Trinajstić information content (AvgIpc) is 2.61. The zero-order chi connectivity index (χ0) is 16.1. The zero-order valence-corrected chi connectivity index (χ0v) is 14.0. The summed E-state index contributed by atoms with van der Waals surface area (Å²) in [5.41, 5.74) is 7.89. The van der Waals surface area contributed by atoms with Gasteiger partial charge in [-0.25, -0.2) is 0 Å². The molecule has 0 fully saturated rings. The van der Waals surface area contributed by atoms with Crippen LogP contribution in [0.3, 0.4) is 0 Å². The van der Waals surface area contributed by atoms with Crippen LogP contribution < -0.4 is 20.5 Å². The van der Waals surface area contributed by atoms with Gasteiger partial charge in [-0.15, -0.1) is 12.4 Å². The molecule has 1 aliphatic heterocycles. The van der Waals surface area contributed by atoms with E-state index in [0.29, 0.717) is 37.6 Å². The maximum Gasteiger partial charge on any atom is 0.251 e. The highest BCUT2D eigenvalue weighted by Gasteiger charge is 2.12. The first-order valence-corrected chi connectivity index (χ1v) is 7.58. The van der Waals surface area contributed by atoms with Crippen LogP contribution in [0.5, 0.6) is 11.5 Å². The van der Waals surface area contributed by atoms with Crippen molar-refractivity contribution in [2.24, 2.45) is 5.73 Å². The molecule has 0 spiro atoms. The molecule has 3 rings (SSSR count). The molecule has 1 aliphatic rings. The molecular formula is C17H20ClN3O3. The third-order valence-corrected chi connectivity index (χ3v) is 3.59. The van der Waals surface area contributed by atoms with E-state index in [-0.39, 0.29) is 18.3 Å². The number of pyridine rings is 1. The van der Waals surface area contributed by atoms with Crippen molar-refractivity contribution in [3.05, 3.63) is 53.3 Å². The highest BCUT2D eigenvalue weighted by Crippen LogP contribution is 2.30. The molecule has 6 nitrogen and oxygen atoms in total. The van der Waals surface area contributed by atoms with Gasteiger partial charge in [0.2, 0.25) is 0 Å². The molecule has 0 saturated heterocycles. The van der Waals surface area contributed by atoms with E-state index in [0.717, 1.165) is 23.5 Å². The summed E-state index contributed by atoms with van der Waals surface area (Å²) >= 11 is 0. The Bertz CT molecular complexity index is 709. The smallest absolute Gasteiger partial charge is 0.251 e. The van der Waals surface area contributed by atoms with Crippen LogP contribution >= 0.6 is 12.4 Å². The Labute approximate surface area is 146 Å². The lowest BCUT2D eigenvalue weighted by atomic mass is 10.1. The molecule has 0 unspecified atom stereocenters. The Balaban J connectivity index is 0.00000208. The molecule has 0 radical (unpaired) electrons. The maximum absolute atomic E-state index is 12.1. The van der Waals surface area contributed by atoms with Crippen LogP contribution in [-0.2, 0) is 13.0 Å². The van der Waals surface area contributed by atoms with Gasteiger partial charge in [0, 0.05) is 24.8 Å². The number of carbonyl (C=O) groups is 1. The summed E-state index contributed by atoms with van der Waals surface area (Å²) < 4.78 is 11.0. The van der Waals surface area contributed by atoms with Crippen molar-refractivity contribution in [2.45, 2.75) is 13.0 Å². The average molecular weight is 350 g/mol. The summed E-state index contributed by atoms with van der Waals surface area (Å²) in [7, 11) is 0. The number of hydrogen-bond donors (Lipinski definition) is 2. The van der Waals surface area contributed by atoms with Crippen LogP contribution in [0, 0.1) is 0 Å². The summed E-state index contributed by atoms with van der Waals surface area (Å²) in [5.74, 6) is 1.41. The first-order valence-electron chi connectivity index (χ1n) is 7.58. The normalized spacial score (nSPS) is 12.2. The number of amides is 1. The van der Waals surface area contributed by atoms with Gasteiger partial charge < -0.3 is 20.5 Å². The number of halogens is 1. The quantitative estimate of drug-likeness (QED) is 0.858. The van der Waals surface area contributed by atoms with E-state index >= 15 is 0 Å². The molecule has 2 aromatic rings. The molecule has 0 saturated carbocycles. The fourth-order valence-corrected chi connectivity index (χ4v) is 2.40. The molecule has 1 amide bonds. The predicted octanol–water partition coefficient (Wildman–Crippen LogP) is 1.71. The van der Waals surface area contributed by atoms with Gasteiger partial charge in [0.25, 0.3) is 5.91 Å². The number of hydrogen-bond acceptors (Lipinski definition) is 5. The Hall–Kier alpha value is -2.31. The lowest BCUT2D eigenvalue weighted by Gasteiger charge is -2.18. The molecule has 3 N–H and O–H groups in total. The van der Waals surface area contributed by atoms with Gasteiger partial charge in [-0.1, -0.05) is 6.07 Å². The molecule has 0 aliphatic carbocycles. The fourth-order valence-electron chi connectivity index (χ4n) is 2.40. The first-order chi connectivity index (χ1) is 11.3. The molecule has 1 aromatic heterocycles. The SMILES string of the molecule is Cl.NCc1cc(C(=O)NCCc2ccc3c(c2)OCCO3)ccn1. The van der Waals surface area contributed by atoms with Crippen LogP contribution in [0.25, 0.3) is 0 Å². The largest absolute Gasteiger partial charge is 0.486 e. The molecule has 2 heterocycles. The number of benzene rings is 1. The summed E-state index contributed by atoms with van der Waals surface area (Å²) in [6.07, 6.45) is 2.31. The topological polar surface area (TPSA) is 86.5 Å². The van der Waals surface area contributed by atoms with Gasteiger partial charge in [0.05, 0.1) is 5.69 Å². The summed E-state index contributed by atoms with van der Waals surface area (Å²) in [4.78, 5) is 16.2. The minimum Gasteiger partial charge on any atom is -0.486 e. The van der Waals surface area contributed by atoms with Gasteiger partial charge in [-0.2, -0.15) is 0 Å². The van der Waals surface area contributed by atoms with E-state index in [1.807, 2.05) is 18.2 Å². The number of nitrogens with one attached hydrogen (secondary N) is 1. The second-order valence-electron chi connectivity index (χ2n) is 5.22. The lowest BCUT2D eigenvalue weighted by molar-refractivity contribution is 0.0954. The van der Waals surface area contributed by atoms with Crippen molar-refractivity contribution >= 4 is 18.3 Å². The van der Waals surface area contributed by atoms with Gasteiger partial charge in [0.15, 0.2) is 11.5 Å². The number of nitrogens with two attached hydrogens (primary N) is 1. The number of nitrogens with zero attached hydrogens (tertiary/aromatic N) is 1. The number of fused-ring (bicyclic) bond motifs is 1. The Kier molecular flexibility index (Phi) is 6.40. The number of aromatic nitrogens is 1. The van der Waals surface area contributed by atoms with Crippen LogP contribution in [0.15, 0.2) is 36.5 Å². The van der Waals surface area contributed by atoms with Crippen molar-refractivity contribution in [2.75, 3.05) is 19.8 Å². The Morgan fingerprint density at radius 2 is 1.96 bits per heavy atom. The van der Waals surface area contributed by atoms with E-state index in [2.05, 4.69) is 10.3 Å². The van der Waals surface area contributed by atoms with Crippen molar-refractivity contribution in [3.63, 3.8) is 0 Å². The number of ether oxygens (including phenoxy) is 2. The molecule has 128 valence electrons. The monoisotopic (exact) mass is 349 g/mol. The Morgan fingerprint density at radius 3 is 2.75 bits per heavy atom. The van der Waals surface area contributed by atoms with E-state index in [1.54, 1.807) is 18.3 Å². The molecule has 1 aromatic carbocycles. The van der Waals surface area contributed by atoms with E-state index in [1.165, 1.54) is 0 Å². The highest BCUT2D eigenvalue weighted by molar-refractivity contribution is 5.94. The second-order valence-corrected chi connectivity index (χ2v) is 5.22. The second kappa shape index (κ2) is 8.52. The zero-order valence-electron chi connectivity index (χ0n) is 13.2.